The van der Waals surface area contributed by atoms with Crippen molar-refractivity contribution < 1.29 is 13.5 Å². The summed E-state index contributed by atoms with van der Waals surface area (Å²) in [5, 5.41) is 17.8. The molecule has 0 saturated carbocycles. The van der Waals surface area contributed by atoms with Gasteiger partial charge in [0.2, 0.25) is 0 Å². The van der Waals surface area contributed by atoms with E-state index in [2.05, 4.69) is 10.3 Å². The molecule has 2 aromatic rings. The van der Waals surface area contributed by atoms with E-state index < -0.39 is 15.9 Å². The molecule has 1 heterocycles. The van der Waals surface area contributed by atoms with Gasteiger partial charge in [-0.2, -0.15) is 0 Å². The summed E-state index contributed by atoms with van der Waals surface area (Å²) >= 11 is 0. The minimum absolute atomic E-state index is 0.197. The molecule has 1 unspecified atom stereocenters. The summed E-state index contributed by atoms with van der Waals surface area (Å²) < 4.78 is 24.5. The highest BCUT2D eigenvalue weighted by Crippen LogP contribution is 2.20. The van der Waals surface area contributed by atoms with Crippen LogP contribution in [-0.4, -0.2) is 34.8 Å². The van der Waals surface area contributed by atoms with Gasteiger partial charge in [-0.1, -0.05) is 17.3 Å². The lowest BCUT2D eigenvalue weighted by atomic mass is 10.1. The molecule has 1 N–H and O–H groups in total. The molecule has 0 amide bonds. The van der Waals surface area contributed by atoms with Gasteiger partial charge in [0.05, 0.1) is 16.7 Å². The Bertz CT molecular complexity index is 679. The van der Waals surface area contributed by atoms with Crippen LogP contribution in [0.4, 0.5) is 0 Å². The summed E-state index contributed by atoms with van der Waals surface area (Å²) in [7, 11) is -1.53. The summed E-state index contributed by atoms with van der Waals surface area (Å²) in [5.74, 6) is 0. The highest BCUT2D eigenvalue weighted by molar-refractivity contribution is 7.90. The number of aliphatic hydroxyl groups excluding tert-OH is 1. The van der Waals surface area contributed by atoms with Crippen LogP contribution in [0.25, 0.3) is 0 Å². The van der Waals surface area contributed by atoms with Crippen molar-refractivity contribution in [1.29, 1.82) is 0 Å². The Hall–Kier alpha value is -1.73. The normalized spacial score (nSPS) is 13.4. The van der Waals surface area contributed by atoms with Crippen molar-refractivity contribution in [2.75, 3.05) is 6.26 Å². The zero-order valence-corrected chi connectivity index (χ0v) is 11.5. The molecule has 1 aromatic heterocycles. The molecular formula is C12H15N3O3S. The maximum atomic E-state index is 11.5. The number of aliphatic hydroxyl groups is 1. The van der Waals surface area contributed by atoms with Crippen molar-refractivity contribution in [2.24, 2.45) is 7.05 Å². The number of aromatic nitrogens is 3. The highest BCUT2D eigenvalue weighted by atomic mass is 32.2. The zero-order valence-electron chi connectivity index (χ0n) is 10.7. The van der Waals surface area contributed by atoms with E-state index in [9.17, 15) is 13.5 Å². The molecule has 7 heteroatoms. The lowest BCUT2D eigenvalue weighted by molar-refractivity contribution is 0.177. The maximum absolute atomic E-state index is 11.5. The second kappa shape index (κ2) is 5.10. The number of hydrogen-bond donors (Lipinski definition) is 1. The number of nitrogens with zero attached hydrogens (tertiary/aromatic N) is 3. The summed E-state index contributed by atoms with van der Waals surface area (Å²) in [6.07, 6.45) is 2.34. The Balaban J connectivity index is 2.22. The van der Waals surface area contributed by atoms with Crippen LogP contribution in [0, 0.1) is 0 Å². The van der Waals surface area contributed by atoms with Crippen molar-refractivity contribution in [2.45, 2.75) is 17.4 Å². The molecule has 19 heavy (non-hydrogen) atoms. The Kier molecular flexibility index (Phi) is 3.68. The van der Waals surface area contributed by atoms with Crippen molar-refractivity contribution in [3.05, 3.63) is 41.7 Å². The van der Waals surface area contributed by atoms with Gasteiger partial charge in [-0.3, -0.25) is 4.68 Å². The first-order valence-corrected chi connectivity index (χ1v) is 7.58. The van der Waals surface area contributed by atoms with Gasteiger partial charge in [-0.15, -0.1) is 5.10 Å². The van der Waals surface area contributed by atoms with Crippen molar-refractivity contribution in [3.8, 4) is 0 Å². The number of benzene rings is 1. The van der Waals surface area contributed by atoms with E-state index in [1.807, 2.05) is 0 Å². The first-order chi connectivity index (χ1) is 8.86. The van der Waals surface area contributed by atoms with Gasteiger partial charge in [0.25, 0.3) is 0 Å². The largest absolute Gasteiger partial charge is 0.388 e. The lowest BCUT2D eigenvalue weighted by Gasteiger charge is -2.10. The Morgan fingerprint density at radius 2 is 2.16 bits per heavy atom. The predicted molar refractivity (Wildman–Crippen MR) is 69.2 cm³/mol. The van der Waals surface area contributed by atoms with E-state index in [1.54, 1.807) is 30.1 Å². The van der Waals surface area contributed by atoms with Crippen LogP contribution in [0.15, 0.2) is 35.4 Å². The molecule has 1 atom stereocenters. The van der Waals surface area contributed by atoms with Gasteiger partial charge in [-0.25, -0.2) is 8.42 Å². The van der Waals surface area contributed by atoms with Gasteiger partial charge < -0.3 is 5.11 Å². The van der Waals surface area contributed by atoms with E-state index in [-0.39, 0.29) is 4.90 Å². The molecule has 0 fully saturated rings. The smallest absolute Gasteiger partial charge is 0.175 e. The molecule has 0 aliphatic carbocycles. The Morgan fingerprint density at radius 3 is 2.74 bits per heavy atom. The van der Waals surface area contributed by atoms with Crippen molar-refractivity contribution in [3.63, 3.8) is 0 Å². The third kappa shape index (κ3) is 3.39. The summed E-state index contributed by atoms with van der Waals surface area (Å²) in [4.78, 5) is 0.197. The first-order valence-electron chi connectivity index (χ1n) is 5.69. The Labute approximate surface area is 111 Å². The second-order valence-electron chi connectivity index (χ2n) is 4.45. The van der Waals surface area contributed by atoms with Crippen LogP contribution in [0.2, 0.25) is 0 Å². The van der Waals surface area contributed by atoms with Crippen LogP contribution in [0.1, 0.15) is 17.4 Å². The fourth-order valence-electron chi connectivity index (χ4n) is 1.76. The van der Waals surface area contributed by atoms with Gasteiger partial charge in [-0.05, 0) is 17.7 Å². The fourth-order valence-corrected chi connectivity index (χ4v) is 2.43. The quantitative estimate of drug-likeness (QED) is 0.882. The molecule has 1 aromatic carbocycles. The molecule has 0 saturated heterocycles. The zero-order chi connectivity index (χ0) is 14.0. The predicted octanol–water partition coefficient (Wildman–Crippen LogP) is 0.495. The average molecular weight is 281 g/mol. The van der Waals surface area contributed by atoms with Gasteiger partial charge in [0, 0.05) is 25.9 Å². The van der Waals surface area contributed by atoms with Crippen LogP contribution >= 0.6 is 0 Å². The number of aryl methyl sites for hydroxylation is 1. The third-order valence-corrected chi connectivity index (χ3v) is 3.83. The SMILES string of the molecule is Cn1cc(CC(O)c2cccc(S(C)(=O)=O)c2)nn1. The minimum Gasteiger partial charge on any atom is -0.388 e. The molecule has 102 valence electrons. The van der Waals surface area contributed by atoms with E-state index in [4.69, 9.17) is 0 Å². The standard InChI is InChI=1S/C12H15N3O3S/c1-15-8-10(13-14-15)7-12(16)9-4-3-5-11(6-9)19(2,17)18/h3-6,8,12,16H,7H2,1-2H3. The number of rotatable bonds is 4. The monoisotopic (exact) mass is 281 g/mol. The van der Waals surface area contributed by atoms with Crippen LogP contribution in [0.5, 0.6) is 0 Å². The Morgan fingerprint density at radius 1 is 1.42 bits per heavy atom. The molecule has 0 spiro atoms. The summed E-state index contributed by atoms with van der Waals surface area (Å²) in [6.45, 7) is 0. The number of hydrogen-bond acceptors (Lipinski definition) is 5. The van der Waals surface area contributed by atoms with Gasteiger partial charge >= 0.3 is 0 Å². The average Bonchev–Trinajstić information content (AvgIpc) is 2.74. The van der Waals surface area contributed by atoms with E-state index in [1.165, 1.54) is 12.1 Å². The highest BCUT2D eigenvalue weighted by Gasteiger charge is 2.14. The summed E-state index contributed by atoms with van der Waals surface area (Å²) in [5.41, 5.74) is 1.20. The van der Waals surface area contributed by atoms with Gasteiger partial charge in [0.15, 0.2) is 9.84 Å². The summed E-state index contributed by atoms with van der Waals surface area (Å²) in [6, 6.07) is 6.30. The van der Waals surface area contributed by atoms with Crippen molar-refractivity contribution >= 4 is 9.84 Å². The minimum atomic E-state index is -3.27. The third-order valence-electron chi connectivity index (χ3n) is 2.72. The second-order valence-corrected chi connectivity index (χ2v) is 6.46. The lowest BCUT2D eigenvalue weighted by Crippen LogP contribution is -2.04. The topological polar surface area (TPSA) is 85.1 Å². The molecule has 2 rings (SSSR count). The molecule has 0 bridgehead atoms. The maximum Gasteiger partial charge on any atom is 0.175 e. The number of sulfone groups is 1. The van der Waals surface area contributed by atoms with E-state index in [0.29, 0.717) is 17.7 Å². The van der Waals surface area contributed by atoms with Gasteiger partial charge in [0.1, 0.15) is 0 Å². The van der Waals surface area contributed by atoms with E-state index in [0.717, 1.165) is 6.26 Å². The molecule has 0 radical (unpaired) electrons. The molecular weight excluding hydrogens is 266 g/mol. The fraction of sp³-hybridized carbons (Fsp3) is 0.333. The van der Waals surface area contributed by atoms with Crippen LogP contribution < -0.4 is 0 Å². The molecule has 0 aliphatic heterocycles. The molecule has 6 nitrogen and oxygen atoms in total. The van der Waals surface area contributed by atoms with Crippen LogP contribution in [0.3, 0.4) is 0 Å². The first kappa shape index (κ1) is 13.7. The van der Waals surface area contributed by atoms with Crippen LogP contribution in [-0.2, 0) is 23.3 Å². The van der Waals surface area contributed by atoms with E-state index >= 15 is 0 Å². The molecule has 0 aliphatic rings. The van der Waals surface area contributed by atoms with Crippen molar-refractivity contribution in [1.82, 2.24) is 15.0 Å².